The van der Waals surface area contributed by atoms with E-state index in [1.54, 1.807) is 12.3 Å². The first-order valence-electron chi connectivity index (χ1n) is 6.63. The average molecular weight is 284 g/mol. The summed E-state index contributed by atoms with van der Waals surface area (Å²) in [5.41, 5.74) is 0. The van der Waals surface area contributed by atoms with Gasteiger partial charge in [-0.1, -0.05) is 6.92 Å². The molecule has 2 heterocycles. The zero-order valence-corrected chi connectivity index (χ0v) is 11.9. The van der Waals surface area contributed by atoms with E-state index in [1.807, 2.05) is 0 Å². The van der Waals surface area contributed by atoms with Crippen molar-refractivity contribution in [2.24, 2.45) is 0 Å². The van der Waals surface area contributed by atoms with Gasteiger partial charge in [0.1, 0.15) is 15.7 Å². The molecule has 6 nitrogen and oxygen atoms in total. The second-order valence-corrected chi connectivity index (χ2v) is 7.07. The summed E-state index contributed by atoms with van der Waals surface area (Å²) in [6.45, 7) is 2.92. The minimum atomic E-state index is -2.81. The number of aromatic nitrogens is 2. The van der Waals surface area contributed by atoms with Gasteiger partial charge in [0.15, 0.2) is 0 Å². The number of hydrogen-bond donors (Lipinski definition) is 2. The van der Waals surface area contributed by atoms with Crippen LogP contribution in [0.3, 0.4) is 0 Å². The number of sulfone groups is 1. The van der Waals surface area contributed by atoms with Crippen LogP contribution in [0, 0.1) is 0 Å². The molecule has 0 aliphatic carbocycles. The lowest BCUT2D eigenvalue weighted by molar-refractivity contribution is 0.559. The molecule has 1 saturated heterocycles. The Morgan fingerprint density at radius 2 is 2.11 bits per heavy atom. The lowest BCUT2D eigenvalue weighted by atomic mass is 10.1. The Kier molecular flexibility index (Phi) is 4.57. The summed E-state index contributed by atoms with van der Waals surface area (Å²) in [5, 5.41) is 6.41. The second kappa shape index (κ2) is 6.18. The van der Waals surface area contributed by atoms with Crippen LogP contribution >= 0.6 is 0 Å². The molecule has 0 bridgehead atoms. The predicted molar refractivity (Wildman–Crippen MR) is 76.1 cm³/mol. The van der Waals surface area contributed by atoms with E-state index in [0.29, 0.717) is 18.8 Å². The monoisotopic (exact) mass is 284 g/mol. The van der Waals surface area contributed by atoms with Crippen molar-refractivity contribution in [3.63, 3.8) is 0 Å². The highest BCUT2D eigenvalue weighted by Gasteiger charge is 2.23. The van der Waals surface area contributed by atoms with Crippen LogP contribution in [0.4, 0.5) is 11.8 Å². The van der Waals surface area contributed by atoms with Crippen LogP contribution in [0.5, 0.6) is 0 Å². The summed E-state index contributed by atoms with van der Waals surface area (Å²) in [7, 11) is -2.81. The minimum absolute atomic E-state index is 0.178. The highest BCUT2D eigenvalue weighted by molar-refractivity contribution is 7.91. The topological polar surface area (TPSA) is 84.0 Å². The van der Waals surface area contributed by atoms with Crippen molar-refractivity contribution in [3.05, 3.63) is 12.3 Å². The molecule has 19 heavy (non-hydrogen) atoms. The van der Waals surface area contributed by atoms with Crippen LogP contribution < -0.4 is 10.6 Å². The van der Waals surface area contributed by atoms with Gasteiger partial charge in [0, 0.05) is 18.8 Å². The molecule has 0 unspecified atom stereocenters. The van der Waals surface area contributed by atoms with Gasteiger partial charge in [0.25, 0.3) is 0 Å². The highest BCUT2D eigenvalue weighted by Crippen LogP contribution is 2.17. The smallest absolute Gasteiger partial charge is 0.224 e. The fourth-order valence-corrected chi connectivity index (χ4v) is 3.50. The SMILES string of the molecule is CCCNc1nccc(NC2CCS(=O)(=O)CC2)n1. The maximum Gasteiger partial charge on any atom is 0.224 e. The predicted octanol–water partition coefficient (Wildman–Crippen LogP) is 1.29. The van der Waals surface area contributed by atoms with Crippen LogP contribution in [0.15, 0.2) is 12.3 Å². The molecule has 0 saturated carbocycles. The summed E-state index contributed by atoms with van der Waals surface area (Å²) >= 11 is 0. The fraction of sp³-hybridized carbons (Fsp3) is 0.667. The Morgan fingerprint density at radius 3 is 2.79 bits per heavy atom. The number of hydrogen-bond acceptors (Lipinski definition) is 6. The van der Waals surface area contributed by atoms with Gasteiger partial charge in [-0.15, -0.1) is 0 Å². The van der Waals surface area contributed by atoms with Crippen molar-refractivity contribution in [1.82, 2.24) is 9.97 Å². The van der Waals surface area contributed by atoms with Gasteiger partial charge < -0.3 is 10.6 Å². The molecule has 0 amide bonds. The molecule has 1 aliphatic rings. The van der Waals surface area contributed by atoms with E-state index in [1.165, 1.54) is 0 Å². The molecular formula is C12H20N4O2S. The van der Waals surface area contributed by atoms with Gasteiger partial charge in [0.05, 0.1) is 11.5 Å². The van der Waals surface area contributed by atoms with E-state index in [9.17, 15) is 8.42 Å². The van der Waals surface area contributed by atoms with Crippen molar-refractivity contribution < 1.29 is 8.42 Å². The van der Waals surface area contributed by atoms with Gasteiger partial charge in [-0.25, -0.2) is 13.4 Å². The lowest BCUT2D eigenvalue weighted by Gasteiger charge is -2.23. The molecule has 0 radical (unpaired) electrons. The largest absolute Gasteiger partial charge is 0.367 e. The van der Waals surface area contributed by atoms with E-state index in [-0.39, 0.29) is 17.5 Å². The first-order chi connectivity index (χ1) is 9.09. The van der Waals surface area contributed by atoms with Crippen molar-refractivity contribution in [2.75, 3.05) is 28.7 Å². The van der Waals surface area contributed by atoms with E-state index < -0.39 is 9.84 Å². The molecule has 106 valence electrons. The normalized spacial score (nSPS) is 19.0. The Morgan fingerprint density at radius 1 is 1.37 bits per heavy atom. The molecule has 0 aromatic carbocycles. The maximum absolute atomic E-state index is 11.4. The van der Waals surface area contributed by atoms with Crippen LogP contribution in [-0.2, 0) is 9.84 Å². The van der Waals surface area contributed by atoms with Gasteiger partial charge in [0.2, 0.25) is 5.95 Å². The lowest BCUT2D eigenvalue weighted by Crippen LogP contribution is -2.32. The number of nitrogens with one attached hydrogen (secondary N) is 2. The van der Waals surface area contributed by atoms with Crippen molar-refractivity contribution in [1.29, 1.82) is 0 Å². The Bertz CT molecular complexity index is 504. The minimum Gasteiger partial charge on any atom is -0.367 e. The molecule has 1 aliphatic heterocycles. The van der Waals surface area contributed by atoms with Crippen LogP contribution in [0.1, 0.15) is 26.2 Å². The molecular weight excluding hydrogens is 264 g/mol. The molecule has 1 aromatic rings. The third kappa shape index (κ3) is 4.34. The summed E-state index contributed by atoms with van der Waals surface area (Å²) in [5.74, 6) is 1.88. The van der Waals surface area contributed by atoms with Gasteiger partial charge in [-0.2, -0.15) is 4.98 Å². The van der Waals surface area contributed by atoms with Crippen molar-refractivity contribution >= 4 is 21.6 Å². The zero-order valence-electron chi connectivity index (χ0n) is 11.1. The molecule has 2 rings (SSSR count). The zero-order chi connectivity index (χ0) is 13.7. The summed E-state index contributed by atoms with van der Waals surface area (Å²) in [6, 6.07) is 1.98. The maximum atomic E-state index is 11.4. The third-order valence-electron chi connectivity index (χ3n) is 3.10. The number of anilines is 2. The first-order valence-corrected chi connectivity index (χ1v) is 8.45. The summed E-state index contributed by atoms with van der Waals surface area (Å²) < 4.78 is 22.7. The van der Waals surface area contributed by atoms with Gasteiger partial charge in [-0.05, 0) is 25.3 Å². The van der Waals surface area contributed by atoms with Crippen molar-refractivity contribution in [2.45, 2.75) is 32.2 Å². The second-order valence-electron chi connectivity index (χ2n) is 4.76. The summed E-state index contributed by atoms with van der Waals surface area (Å²) in [4.78, 5) is 8.49. The number of nitrogens with zero attached hydrogens (tertiary/aromatic N) is 2. The molecule has 7 heteroatoms. The van der Waals surface area contributed by atoms with Crippen LogP contribution in [-0.4, -0.2) is 42.5 Å². The fourth-order valence-electron chi connectivity index (χ4n) is 2.00. The van der Waals surface area contributed by atoms with Crippen LogP contribution in [0.2, 0.25) is 0 Å². The Hall–Kier alpha value is -1.37. The van der Waals surface area contributed by atoms with Crippen LogP contribution in [0.25, 0.3) is 0 Å². The molecule has 0 atom stereocenters. The Balaban J connectivity index is 1.92. The Labute approximate surface area is 114 Å². The quantitative estimate of drug-likeness (QED) is 0.847. The van der Waals surface area contributed by atoms with E-state index in [0.717, 1.165) is 18.8 Å². The molecule has 0 spiro atoms. The summed E-state index contributed by atoms with van der Waals surface area (Å²) in [6.07, 6.45) is 4.00. The van der Waals surface area contributed by atoms with Crippen molar-refractivity contribution in [3.8, 4) is 0 Å². The average Bonchev–Trinajstić information content (AvgIpc) is 2.39. The van der Waals surface area contributed by atoms with Gasteiger partial charge in [-0.3, -0.25) is 0 Å². The number of rotatable bonds is 5. The highest BCUT2D eigenvalue weighted by atomic mass is 32.2. The molecule has 1 aromatic heterocycles. The standard InChI is InChI=1S/C12H20N4O2S/c1-2-6-13-12-14-7-3-11(16-12)15-10-4-8-19(17,18)9-5-10/h3,7,10H,2,4-6,8-9H2,1H3,(H2,13,14,15,16). The van der Waals surface area contributed by atoms with E-state index >= 15 is 0 Å². The molecule has 1 fully saturated rings. The third-order valence-corrected chi connectivity index (χ3v) is 4.81. The molecule has 2 N–H and O–H groups in total. The van der Waals surface area contributed by atoms with Gasteiger partial charge >= 0.3 is 0 Å². The first kappa shape index (κ1) is 14.0. The van der Waals surface area contributed by atoms with E-state index in [2.05, 4.69) is 27.5 Å². The van der Waals surface area contributed by atoms with E-state index in [4.69, 9.17) is 0 Å².